The molecule has 7 nitrogen and oxygen atoms in total. The van der Waals surface area contributed by atoms with Gasteiger partial charge in [-0.15, -0.1) is 0 Å². The Kier molecular flexibility index (Phi) is 5.32. The van der Waals surface area contributed by atoms with Crippen molar-refractivity contribution in [2.24, 2.45) is 0 Å². The number of hydrogen-bond donors (Lipinski definition) is 1. The number of fused-ring (bicyclic) bond motifs is 1. The van der Waals surface area contributed by atoms with Crippen LogP contribution in [0.25, 0.3) is 11.3 Å². The molecule has 2 aromatic rings. The Hall–Kier alpha value is -2.54. The second kappa shape index (κ2) is 7.83. The van der Waals surface area contributed by atoms with Crippen molar-refractivity contribution in [3.63, 3.8) is 0 Å². The molecule has 128 valence electrons. The first-order valence-electron chi connectivity index (χ1n) is 8.00. The Labute approximate surface area is 139 Å². The number of carbonyl (C=O) groups is 1. The monoisotopic (exact) mass is 332 g/mol. The summed E-state index contributed by atoms with van der Waals surface area (Å²) in [5.74, 6) is 1.59. The van der Waals surface area contributed by atoms with Crippen LogP contribution in [0.4, 0.5) is 0 Å². The second-order valence-corrected chi connectivity index (χ2v) is 5.37. The van der Waals surface area contributed by atoms with Gasteiger partial charge in [-0.25, -0.2) is 0 Å². The van der Waals surface area contributed by atoms with Crippen molar-refractivity contribution in [2.45, 2.75) is 19.8 Å². The number of nitrogens with one attached hydrogen (secondary N) is 1. The molecule has 0 bridgehead atoms. The average molecular weight is 332 g/mol. The van der Waals surface area contributed by atoms with Gasteiger partial charge in [0.15, 0.2) is 23.0 Å². The zero-order valence-electron chi connectivity index (χ0n) is 13.5. The van der Waals surface area contributed by atoms with Gasteiger partial charge in [-0.1, -0.05) is 12.1 Å². The van der Waals surface area contributed by atoms with Gasteiger partial charge in [0.05, 0.1) is 0 Å². The van der Waals surface area contributed by atoms with Crippen molar-refractivity contribution in [1.29, 1.82) is 0 Å². The summed E-state index contributed by atoms with van der Waals surface area (Å²) in [7, 11) is 0. The molecule has 0 atom stereocenters. The van der Waals surface area contributed by atoms with E-state index in [0.29, 0.717) is 30.4 Å². The van der Waals surface area contributed by atoms with E-state index >= 15 is 0 Å². The van der Waals surface area contributed by atoms with Crippen LogP contribution in [0.5, 0.6) is 11.5 Å². The summed E-state index contributed by atoms with van der Waals surface area (Å²) >= 11 is 0. The molecule has 1 N–H and O–H groups in total. The summed E-state index contributed by atoms with van der Waals surface area (Å²) in [6.45, 7) is 4.19. The van der Waals surface area contributed by atoms with Gasteiger partial charge >= 0.3 is 0 Å². The maximum atomic E-state index is 12.0. The lowest BCUT2D eigenvalue weighted by atomic mass is 10.1. The third-order valence-corrected chi connectivity index (χ3v) is 3.50. The third-order valence-electron chi connectivity index (χ3n) is 3.50. The van der Waals surface area contributed by atoms with Crippen LogP contribution in [0.1, 0.15) is 30.3 Å². The topological polar surface area (TPSA) is 82.8 Å². The predicted molar refractivity (Wildman–Crippen MR) is 86.1 cm³/mol. The Bertz CT molecular complexity index is 698. The van der Waals surface area contributed by atoms with E-state index in [4.69, 9.17) is 18.7 Å². The number of hydrogen-bond acceptors (Lipinski definition) is 6. The summed E-state index contributed by atoms with van der Waals surface area (Å²) in [6, 6.07) is 7.05. The van der Waals surface area contributed by atoms with E-state index in [1.807, 2.05) is 6.07 Å². The summed E-state index contributed by atoms with van der Waals surface area (Å²) in [4.78, 5) is 12.0. The molecule has 24 heavy (non-hydrogen) atoms. The van der Waals surface area contributed by atoms with E-state index in [0.717, 1.165) is 25.0 Å². The van der Waals surface area contributed by atoms with Crippen LogP contribution in [0, 0.1) is 0 Å². The van der Waals surface area contributed by atoms with E-state index < -0.39 is 0 Å². The first kappa shape index (κ1) is 16.3. The van der Waals surface area contributed by atoms with Crippen LogP contribution < -0.4 is 14.8 Å². The molecule has 0 spiro atoms. The Morgan fingerprint density at radius 1 is 1.25 bits per heavy atom. The lowest BCUT2D eigenvalue weighted by Crippen LogP contribution is -2.25. The van der Waals surface area contributed by atoms with E-state index in [1.54, 1.807) is 18.2 Å². The Morgan fingerprint density at radius 2 is 2.12 bits per heavy atom. The van der Waals surface area contributed by atoms with Crippen LogP contribution >= 0.6 is 0 Å². The Morgan fingerprint density at radius 3 is 3.00 bits per heavy atom. The molecular formula is C17H20N2O5. The normalized spacial score (nSPS) is 12.4. The number of amides is 1. The highest BCUT2D eigenvalue weighted by atomic mass is 16.7. The molecule has 1 aromatic carbocycles. The predicted octanol–water partition coefficient (Wildman–Crippen LogP) is 2.62. The maximum Gasteiger partial charge on any atom is 0.273 e. The highest BCUT2D eigenvalue weighted by molar-refractivity contribution is 5.93. The molecule has 1 aliphatic heterocycles. The van der Waals surface area contributed by atoms with Gasteiger partial charge in [-0.3, -0.25) is 4.79 Å². The van der Waals surface area contributed by atoms with E-state index in [9.17, 15) is 4.79 Å². The van der Waals surface area contributed by atoms with Crippen LogP contribution in [0.15, 0.2) is 28.8 Å². The minimum Gasteiger partial charge on any atom is -0.454 e. The van der Waals surface area contributed by atoms with E-state index in [-0.39, 0.29) is 18.4 Å². The molecule has 1 amide bonds. The first-order valence-corrected chi connectivity index (χ1v) is 8.00. The quantitative estimate of drug-likeness (QED) is 0.748. The van der Waals surface area contributed by atoms with Crippen molar-refractivity contribution in [3.05, 3.63) is 30.0 Å². The Balaban J connectivity index is 1.54. The fourth-order valence-corrected chi connectivity index (χ4v) is 2.28. The van der Waals surface area contributed by atoms with Crippen molar-refractivity contribution in [3.8, 4) is 22.8 Å². The van der Waals surface area contributed by atoms with Crippen LogP contribution in [-0.4, -0.2) is 37.6 Å². The number of nitrogens with zero attached hydrogens (tertiary/aromatic N) is 1. The highest BCUT2D eigenvalue weighted by Gasteiger charge is 2.17. The van der Waals surface area contributed by atoms with Gasteiger partial charge in [-0.05, 0) is 31.0 Å². The van der Waals surface area contributed by atoms with Gasteiger partial charge in [0.2, 0.25) is 6.79 Å². The third kappa shape index (κ3) is 3.86. The van der Waals surface area contributed by atoms with Gasteiger partial charge < -0.3 is 24.1 Å². The lowest BCUT2D eigenvalue weighted by Gasteiger charge is -2.03. The van der Waals surface area contributed by atoms with Crippen molar-refractivity contribution < 1.29 is 23.5 Å². The fraction of sp³-hybridized carbons (Fsp3) is 0.412. The number of aromatic nitrogens is 1. The molecule has 0 radical (unpaired) electrons. The minimum atomic E-state index is -0.263. The molecule has 3 rings (SSSR count). The zero-order chi connectivity index (χ0) is 16.8. The maximum absolute atomic E-state index is 12.0. The molecule has 7 heteroatoms. The van der Waals surface area contributed by atoms with Crippen LogP contribution in [0.3, 0.4) is 0 Å². The minimum absolute atomic E-state index is 0.213. The van der Waals surface area contributed by atoms with Crippen LogP contribution in [0.2, 0.25) is 0 Å². The molecule has 0 saturated carbocycles. The highest BCUT2D eigenvalue weighted by Crippen LogP contribution is 2.35. The molecule has 0 unspecified atom stereocenters. The molecular weight excluding hydrogens is 312 g/mol. The molecule has 2 heterocycles. The lowest BCUT2D eigenvalue weighted by molar-refractivity contribution is 0.0932. The molecule has 1 aliphatic rings. The van der Waals surface area contributed by atoms with Crippen molar-refractivity contribution >= 4 is 5.91 Å². The summed E-state index contributed by atoms with van der Waals surface area (Å²) in [6.07, 6.45) is 1.76. The van der Waals surface area contributed by atoms with Crippen molar-refractivity contribution in [1.82, 2.24) is 10.5 Å². The average Bonchev–Trinajstić information content (AvgIpc) is 3.26. The van der Waals surface area contributed by atoms with Crippen molar-refractivity contribution in [2.75, 3.05) is 26.6 Å². The summed E-state index contributed by atoms with van der Waals surface area (Å²) in [5, 5.41) is 6.62. The first-order chi connectivity index (χ1) is 11.8. The van der Waals surface area contributed by atoms with E-state index in [1.165, 1.54) is 0 Å². The molecule has 1 aromatic heterocycles. The SMILES string of the molecule is CCCOCCCNC(=O)c1cc(-c2ccc3c(c2)OCO3)on1. The molecule has 0 saturated heterocycles. The molecule has 0 fully saturated rings. The zero-order valence-corrected chi connectivity index (χ0v) is 13.5. The number of rotatable bonds is 8. The summed E-state index contributed by atoms with van der Waals surface area (Å²) < 4.78 is 21.2. The van der Waals surface area contributed by atoms with Gasteiger partial charge in [0.1, 0.15) is 0 Å². The van der Waals surface area contributed by atoms with Gasteiger partial charge in [-0.2, -0.15) is 0 Å². The number of benzene rings is 1. The number of carbonyl (C=O) groups excluding carboxylic acids is 1. The van der Waals surface area contributed by atoms with Gasteiger partial charge in [0.25, 0.3) is 5.91 Å². The number of ether oxygens (including phenoxy) is 3. The van der Waals surface area contributed by atoms with E-state index in [2.05, 4.69) is 17.4 Å². The standard InChI is InChI=1S/C17H20N2O5/c1-2-7-21-8-3-6-18-17(20)13-10-15(24-19-13)12-4-5-14-16(9-12)23-11-22-14/h4-5,9-10H,2-3,6-8,11H2,1H3,(H,18,20). The van der Waals surface area contributed by atoms with Gasteiger partial charge in [0, 0.05) is 31.4 Å². The second-order valence-electron chi connectivity index (χ2n) is 5.37. The molecule has 0 aliphatic carbocycles. The fourth-order valence-electron chi connectivity index (χ4n) is 2.28. The van der Waals surface area contributed by atoms with Crippen LogP contribution in [-0.2, 0) is 4.74 Å². The largest absolute Gasteiger partial charge is 0.454 e. The smallest absolute Gasteiger partial charge is 0.273 e. The summed E-state index contributed by atoms with van der Waals surface area (Å²) in [5.41, 5.74) is 1.02.